The predicted molar refractivity (Wildman–Crippen MR) is 98.7 cm³/mol. The molecule has 5 nitrogen and oxygen atoms in total. The molecule has 3 rings (SSSR count). The van der Waals surface area contributed by atoms with E-state index in [0.29, 0.717) is 0 Å². The quantitative estimate of drug-likeness (QED) is 0.602. The maximum atomic E-state index is 11.2. The summed E-state index contributed by atoms with van der Waals surface area (Å²) >= 11 is 3.49. The van der Waals surface area contributed by atoms with Crippen LogP contribution in [0.1, 0.15) is 30.1 Å². The third kappa shape index (κ3) is 3.28. The molecule has 0 bridgehead atoms. The van der Waals surface area contributed by atoms with Crippen molar-refractivity contribution < 1.29 is 9.90 Å². The molecule has 0 amide bonds. The van der Waals surface area contributed by atoms with Crippen LogP contribution in [0.4, 0.5) is 5.82 Å². The van der Waals surface area contributed by atoms with Crippen LogP contribution in [-0.2, 0) is 0 Å². The summed E-state index contributed by atoms with van der Waals surface area (Å²) < 4.78 is 2.94. The van der Waals surface area contributed by atoms with Gasteiger partial charge in [0.1, 0.15) is 17.2 Å². The molecule has 124 valence electrons. The highest BCUT2D eigenvalue weighted by molar-refractivity contribution is 9.10. The minimum Gasteiger partial charge on any atom is -0.478 e. The minimum atomic E-state index is -0.941. The fraction of sp³-hybridized carbons (Fsp3) is 0.222. The number of nitrogens with one attached hydrogen (secondary N) is 1. The summed E-state index contributed by atoms with van der Waals surface area (Å²) in [6.07, 6.45) is 4.11. The molecule has 1 aromatic carbocycles. The Kier molecular flexibility index (Phi) is 4.85. The van der Waals surface area contributed by atoms with Crippen molar-refractivity contribution in [2.24, 2.45) is 0 Å². The van der Waals surface area contributed by atoms with Crippen LogP contribution < -0.4 is 5.32 Å². The lowest BCUT2D eigenvalue weighted by molar-refractivity contribution is 0.0697. The van der Waals surface area contributed by atoms with Crippen LogP contribution in [0, 0.1) is 0 Å². The Morgan fingerprint density at radius 1 is 1.33 bits per heavy atom. The van der Waals surface area contributed by atoms with E-state index in [4.69, 9.17) is 0 Å². The second-order valence-electron chi connectivity index (χ2n) is 5.55. The molecule has 2 heterocycles. The van der Waals surface area contributed by atoms with Crippen LogP contribution in [0.3, 0.4) is 0 Å². The van der Waals surface area contributed by atoms with Gasteiger partial charge in [0, 0.05) is 22.8 Å². The maximum Gasteiger partial charge on any atom is 0.335 e. The lowest BCUT2D eigenvalue weighted by Gasteiger charge is -2.09. The lowest BCUT2D eigenvalue weighted by atomic mass is 10.1. The van der Waals surface area contributed by atoms with E-state index in [-0.39, 0.29) is 5.56 Å². The number of aromatic carboxylic acids is 1. The van der Waals surface area contributed by atoms with Crippen molar-refractivity contribution in [2.45, 2.75) is 19.8 Å². The van der Waals surface area contributed by atoms with Gasteiger partial charge in [0.25, 0.3) is 0 Å². The van der Waals surface area contributed by atoms with Crippen LogP contribution in [0.2, 0.25) is 0 Å². The van der Waals surface area contributed by atoms with Crippen LogP contribution in [0.25, 0.3) is 16.9 Å². The number of hydrogen-bond donors (Lipinski definition) is 2. The van der Waals surface area contributed by atoms with Crippen molar-refractivity contribution in [3.8, 4) is 11.3 Å². The van der Waals surface area contributed by atoms with Crippen LogP contribution >= 0.6 is 15.9 Å². The number of unbranched alkanes of at least 4 members (excludes halogenated alkanes) is 1. The summed E-state index contributed by atoms with van der Waals surface area (Å²) in [5.74, 6) is -0.0638. The highest BCUT2D eigenvalue weighted by Crippen LogP contribution is 2.30. The highest BCUT2D eigenvalue weighted by atomic mass is 79.9. The molecule has 0 saturated heterocycles. The smallest absolute Gasteiger partial charge is 0.335 e. The monoisotopic (exact) mass is 387 g/mol. The van der Waals surface area contributed by atoms with Crippen molar-refractivity contribution in [3.05, 3.63) is 52.6 Å². The number of rotatable bonds is 6. The highest BCUT2D eigenvalue weighted by Gasteiger charge is 2.15. The predicted octanol–water partition coefficient (Wildman–Crippen LogP) is 4.67. The van der Waals surface area contributed by atoms with Crippen LogP contribution in [0.15, 0.2) is 47.1 Å². The fourth-order valence-corrected chi connectivity index (χ4v) is 2.91. The van der Waals surface area contributed by atoms with Gasteiger partial charge in [-0.2, -0.15) is 0 Å². The van der Waals surface area contributed by atoms with E-state index >= 15 is 0 Å². The Hall–Kier alpha value is -2.34. The molecule has 0 aliphatic heterocycles. The van der Waals surface area contributed by atoms with Gasteiger partial charge in [-0.3, -0.25) is 4.40 Å². The molecule has 24 heavy (non-hydrogen) atoms. The number of imidazole rings is 1. The standard InChI is InChI=1S/C18H18BrN3O2/c1-2-3-9-20-17-16(12-5-4-6-13(10-12)18(23)24)21-15-8-7-14(19)11-22(15)17/h4-8,10-11,20H,2-3,9H2,1H3,(H,23,24). The minimum absolute atomic E-state index is 0.255. The van der Waals surface area contributed by atoms with Gasteiger partial charge in [-0.15, -0.1) is 0 Å². The first-order chi connectivity index (χ1) is 11.6. The first-order valence-electron chi connectivity index (χ1n) is 7.85. The van der Waals surface area contributed by atoms with Gasteiger partial charge in [-0.25, -0.2) is 9.78 Å². The molecule has 2 aromatic heterocycles. The number of nitrogens with zero attached hydrogens (tertiary/aromatic N) is 2. The van der Waals surface area contributed by atoms with E-state index in [2.05, 4.69) is 33.2 Å². The van der Waals surface area contributed by atoms with E-state index in [1.54, 1.807) is 18.2 Å². The summed E-state index contributed by atoms with van der Waals surface area (Å²) in [6, 6.07) is 10.7. The number of carboxylic acids is 1. The number of pyridine rings is 1. The van der Waals surface area contributed by atoms with Crippen molar-refractivity contribution in [3.63, 3.8) is 0 Å². The third-order valence-corrected chi connectivity index (χ3v) is 4.26. The molecule has 0 spiro atoms. The van der Waals surface area contributed by atoms with E-state index in [9.17, 15) is 9.90 Å². The number of aromatic nitrogens is 2. The van der Waals surface area contributed by atoms with Gasteiger partial charge in [0.2, 0.25) is 0 Å². The molecule has 0 aliphatic rings. The average Bonchev–Trinajstić information content (AvgIpc) is 2.93. The lowest BCUT2D eigenvalue weighted by Crippen LogP contribution is -2.05. The Balaban J connectivity index is 2.13. The van der Waals surface area contributed by atoms with Gasteiger partial charge < -0.3 is 10.4 Å². The number of carboxylic acid groups (broad SMARTS) is 1. The Morgan fingerprint density at radius 3 is 2.92 bits per heavy atom. The zero-order valence-electron chi connectivity index (χ0n) is 13.3. The first kappa shape index (κ1) is 16.5. The van der Waals surface area contributed by atoms with Crippen LogP contribution in [0.5, 0.6) is 0 Å². The van der Waals surface area contributed by atoms with Crippen LogP contribution in [-0.4, -0.2) is 27.0 Å². The molecule has 0 unspecified atom stereocenters. The first-order valence-corrected chi connectivity index (χ1v) is 8.64. The summed E-state index contributed by atoms with van der Waals surface area (Å²) in [6.45, 7) is 2.98. The maximum absolute atomic E-state index is 11.2. The number of anilines is 1. The molecule has 0 fully saturated rings. The number of carbonyl (C=O) groups is 1. The summed E-state index contributed by atoms with van der Waals surface area (Å²) in [4.78, 5) is 15.9. The zero-order chi connectivity index (χ0) is 17.1. The number of benzene rings is 1. The Bertz CT molecular complexity index is 889. The Morgan fingerprint density at radius 2 is 2.17 bits per heavy atom. The topological polar surface area (TPSA) is 66.6 Å². The summed E-state index contributed by atoms with van der Waals surface area (Å²) in [5, 5.41) is 12.7. The van der Waals surface area contributed by atoms with E-state index in [0.717, 1.165) is 46.6 Å². The molecule has 2 N–H and O–H groups in total. The number of hydrogen-bond acceptors (Lipinski definition) is 3. The largest absolute Gasteiger partial charge is 0.478 e. The van der Waals surface area contributed by atoms with Gasteiger partial charge in [-0.1, -0.05) is 25.5 Å². The Labute approximate surface area is 148 Å². The molecule has 3 aromatic rings. The molecular weight excluding hydrogens is 370 g/mol. The van der Waals surface area contributed by atoms with Gasteiger partial charge >= 0.3 is 5.97 Å². The molecule has 6 heteroatoms. The number of fused-ring (bicyclic) bond motifs is 1. The molecule has 0 saturated carbocycles. The van der Waals surface area contributed by atoms with Crippen molar-refractivity contribution >= 4 is 33.4 Å². The summed E-state index contributed by atoms with van der Waals surface area (Å²) in [5.41, 5.74) is 2.61. The van der Waals surface area contributed by atoms with Gasteiger partial charge in [0.15, 0.2) is 0 Å². The van der Waals surface area contributed by atoms with Crippen molar-refractivity contribution in [2.75, 3.05) is 11.9 Å². The normalized spacial score (nSPS) is 10.9. The third-order valence-electron chi connectivity index (χ3n) is 3.79. The van der Waals surface area contributed by atoms with E-state index in [1.165, 1.54) is 0 Å². The van der Waals surface area contributed by atoms with E-state index < -0.39 is 5.97 Å². The van der Waals surface area contributed by atoms with E-state index in [1.807, 2.05) is 28.8 Å². The van der Waals surface area contributed by atoms with Gasteiger partial charge in [0.05, 0.1) is 5.56 Å². The molecule has 0 radical (unpaired) electrons. The van der Waals surface area contributed by atoms with Crippen molar-refractivity contribution in [1.82, 2.24) is 9.38 Å². The second-order valence-corrected chi connectivity index (χ2v) is 6.47. The molecule has 0 atom stereocenters. The SMILES string of the molecule is CCCCNc1c(-c2cccc(C(=O)O)c2)nc2ccc(Br)cn12. The average molecular weight is 388 g/mol. The summed E-state index contributed by atoms with van der Waals surface area (Å²) in [7, 11) is 0. The van der Waals surface area contributed by atoms with Gasteiger partial charge in [-0.05, 0) is 46.6 Å². The fourth-order valence-electron chi connectivity index (χ4n) is 2.57. The molecular formula is C18H18BrN3O2. The van der Waals surface area contributed by atoms with Crippen molar-refractivity contribution in [1.29, 1.82) is 0 Å². The zero-order valence-corrected chi connectivity index (χ0v) is 14.9. The molecule has 0 aliphatic carbocycles. The second kappa shape index (κ2) is 7.05. The number of halogens is 1.